The number of hydrogen-bond acceptors (Lipinski definition) is 4. The lowest BCUT2D eigenvalue weighted by Crippen LogP contribution is -2.44. The van der Waals surface area contributed by atoms with Crippen molar-refractivity contribution in [3.8, 4) is 0 Å². The first-order valence-electron chi connectivity index (χ1n) is 11.1. The van der Waals surface area contributed by atoms with E-state index in [1.165, 1.54) is 0 Å². The standard InChI is InChI=1S/C25H36ClNO4/c1-7-30-22(28)20-11-10-19(17-21(20)26)18(2)9-8-12-25(6)13-15-27(16-14-25)23(29)31-24(3,4)5/h9-11,17H,7-8,12-16H2,1-6H3/b18-9+. The Morgan fingerprint density at radius 1 is 1.23 bits per heavy atom. The van der Waals surface area contributed by atoms with Gasteiger partial charge in [0.25, 0.3) is 0 Å². The Kier molecular flexibility index (Phi) is 8.58. The Labute approximate surface area is 191 Å². The van der Waals surface area contributed by atoms with Gasteiger partial charge in [-0.3, -0.25) is 0 Å². The average molecular weight is 450 g/mol. The lowest BCUT2D eigenvalue weighted by molar-refractivity contribution is 0.0111. The number of piperidine rings is 1. The van der Waals surface area contributed by atoms with Gasteiger partial charge in [0, 0.05) is 13.1 Å². The van der Waals surface area contributed by atoms with E-state index in [0.29, 0.717) is 17.2 Å². The van der Waals surface area contributed by atoms with Crippen LogP contribution in [0.4, 0.5) is 4.79 Å². The summed E-state index contributed by atoms with van der Waals surface area (Å²) in [6.07, 6.45) is 5.96. The number of ether oxygens (including phenoxy) is 2. The second kappa shape index (κ2) is 10.5. The molecule has 5 nitrogen and oxygen atoms in total. The monoisotopic (exact) mass is 449 g/mol. The van der Waals surface area contributed by atoms with E-state index in [9.17, 15) is 9.59 Å². The molecule has 0 atom stereocenters. The van der Waals surface area contributed by atoms with Crippen molar-refractivity contribution >= 4 is 29.2 Å². The summed E-state index contributed by atoms with van der Waals surface area (Å²) in [6.45, 7) is 13.6. The molecule has 1 amide bonds. The van der Waals surface area contributed by atoms with Crippen LogP contribution in [0.5, 0.6) is 0 Å². The molecule has 2 rings (SSSR count). The largest absolute Gasteiger partial charge is 0.462 e. The van der Waals surface area contributed by atoms with Crippen LogP contribution in [0, 0.1) is 5.41 Å². The number of allylic oxidation sites excluding steroid dienone is 2. The molecular weight excluding hydrogens is 414 g/mol. The minimum atomic E-state index is -0.461. The molecule has 0 aliphatic carbocycles. The van der Waals surface area contributed by atoms with Crippen molar-refractivity contribution < 1.29 is 19.1 Å². The van der Waals surface area contributed by atoms with E-state index in [-0.39, 0.29) is 11.5 Å². The molecule has 0 unspecified atom stereocenters. The van der Waals surface area contributed by atoms with Crippen molar-refractivity contribution in [2.75, 3.05) is 19.7 Å². The average Bonchev–Trinajstić information content (AvgIpc) is 2.67. The Bertz CT molecular complexity index is 817. The summed E-state index contributed by atoms with van der Waals surface area (Å²) in [6, 6.07) is 5.45. The Morgan fingerprint density at radius 3 is 2.42 bits per heavy atom. The molecule has 0 spiro atoms. The number of hydrogen-bond donors (Lipinski definition) is 0. The number of amides is 1. The number of nitrogens with zero attached hydrogens (tertiary/aromatic N) is 1. The maximum atomic E-state index is 12.3. The fourth-order valence-corrected chi connectivity index (χ4v) is 3.95. The van der Waals surface area contributed by atoms with Gasteiger partial charge in [0.15, 0.2) is 0 Å². The Morgan fingerprint density at radius 2 is 1.87 bits per heavy atom. The summed E-state index contributed by atoms with van der Waals surface area (Å²) in [7, 11) is 0. The molecule has 0 radical (unpaired) electrons. The fourth-order valence-electron chi connectivity index (χ4n) is 3.70. The highest BCUT2D eigenvalue weighted by Crippen LogP contribution is 2.36. The van der Waals surface area contributed by atoms with Crippen LogP contribution in [-0.4, -0.2) is 42.3 Å². The molecule has 0 N–H and O–H groups in total. The van der Waals surface area contributed by atoms with Crippen molar-refractivity contribution in [2.45, 2.75) is 72.8 Å². The fraction of sp³-hybridized carbons (Fsp3) is 0.600. The van der Waals surface area contributed by atoms with Crippen molar-refractivity contribution in [2.24, 2.45) is 5.41 Å². The zero-order chi connectivity index (χ0) is 23.2. The summed E-state index contributed by atoms with van der Waals surface area (Å²) in [5, 5.41) is 0.408. The van der Waals surface area contributed by atoms with Crippen molar-refractivity contribution in [1.29, 1.82) is 0 Å². The van der Waals surface area contributed by atoms with Gasteiger partial charge in [-0.05, 0) is 89.0 Å². The molecule has 1 heterocycles. The van der Waals surface area contributed by atoms with Gasteiger partial charge in [-0.25, -0.2) is 9.59 Å². The number of rotatable bonds is 6. The van der Waals surface area contributed by atoms with Crippen LogP contribution in [0.25, 0.3) is 5.57 Å². The molecule has 0 bridgehead atoms. The van der Waals surface area contributed by atoms with Gasteiger partial charge in [-0.1, -0.05) is 30.7 Å². The molecule has 0 aromatic heterocycles. The molecule has 1 aliphatic rings. The third-order valence-electron chi connectivity index (χ3n) is 5.74. The summed E-state index contributed by atoms with van der Waals surface area (Å²) >= 11 is 6.29. The van der Waals surface area contributed by atoms with E-state index in [2.05, 4.69) is 19.9 Å². The molecule has 1 saturated heterocycles. The number of benzene rings is 1. The normalized spacial score (nSPS) is 16.7. The molecule has 1 aromatic carbocycles. The second-order valence-corrected chi connectivity index (χ2v) is 10.0. The van der Waals surface area contributed by atoms with Gasteiger partial charge in [0.1, 0.15) is 5.60 Å². The predicted molar refractivity (Wildman–Crippen MR) is 125 cm³/mol. The maximum Gasteiger partial charge on any atom is 0.410 e. The van der Waals surface area contributed by atoms with E-state index < -0.39 is 11.6 Å². The number of likely N-dealkylation sites (tertiary alicyclic amines) is 1. The zero-order valence-corrected chi connectivity index (χ0v) is 20.5. The Balaban J connectivity index is 1.90. The highest BCUT2D eigenvalue weighted by atomic mass is 35.5. The molecule has 31 heavy (non-hydrogen) atoms. The van der Waals surface area contributed by atoms with E-state index in [1.807, 2.05) is 37.8 Å². The Hall–Kier alpha value is -2.01. The predicted octanol–water partition coefficient (Wildman–Crippen LogP) is 6.74. The summed E-state index contributed by atoms with van der Waals surface area (Å²) in [5.41, 5.74) is 2.28. The smallest absolute Gasteiger partial charge is 0.410 e. The topological polar surface area (TPSA) is 55.8 Å². The van der Waals surface area contributed by atoms with E-state index in [4.69, 9.17) is 21.1 Å². The molecule has 6 heteroatoms. The first-order chi connectivity index (χ1) is 14.4. The minimum absolute atomic E-state index is 0.209. The van der Waals surface area contributed by atoms with Gasteiger partial charge < -0.3 is 14.4 Å². The number of carbonyl (C=O) groups is 2. The molecule has 0 saturated carbocycles. The van der Waals surface area contributed by atoms with Crippen LogP contribution in [0.2, 0.25) is 5.02 Å². The van der Waals surface area contributed by atoms with E-state index in [1.54, 1.807) is 13.0 Å². The SMILES string of the molecule is CCOC(=O)c1ccc(/C(C)=C/CCC2(C)CCN(C(=O)OC(C)(C)C)CC2)cc1Cl. The van der Waals surface area contributed by atoms with Crippen LogP contribution in [0.3, 0.4) is 0 Å². The molecule has 1 aromatic rings. The van der Waals surface area contributed by atoms with Gasteiger partial charge in [-0.2, -0.15) is 0 Å². The summed E-state index contributed by atoms with van der Waals surface area (Å²) < 4.78 is 10.5. The van der Waals surface area contributed by atoms with Gasteiger partial charge >= 0.3 is 12.1 Å². The minimum Gasteiger partial charge on any atom is -0.462 e. The lowest BCUT2D eigenvalue weighted by Gasteiger charge is -2.39. The lowest BCUT2D eigenvalue weighted by atomic mass is 9.76. The molecular formula is C25H36ClNO4. The van der Waals surface area contributed by atoms with E-state index >= 15 is 0 Å². The van der Waals surface area contributed by atoms with Crippen LogP contribution in [-0.2, 0) is 9.47 Å². The van der Waals surface area contributed by atoms with E-state index in [0.717, 1.165) is 49.9 Å². The third-order valence-corrected chi connectivity index (χ3v) is 6.05. The quantitative estimate of drug-likeness (QED) is 0.451. The van der Waals surface area contributed by atoms with Crippen LogP contribution >= 0.6 is 11.6 Å². The van der Waals surface area contributed by atoms with Crippen molar-refractivity contribution in [1.82, 2.24) is 4.90 Å². The van der Waals surface area contributed by atoms with Crippen LogP contribution in [0.15, 0.2) is 24.3 Å². The molecule has 172 valence electrons. The first kappa shape index (κ1) is 25.3. The highest BCUT2D eigenvalue weighted by Gasteiger charge is 2.33. The summed E-state index contributed by atoms with van der Waals surface area (Å²) in [5.74, 6) is -0.397. The van der Waals surface area contributed by atoms with Crippen LogP contribution in [0.1, 0.15) is 83.1 Å². The first-order valence-corrected chi connectivity index (χ1v) is 11.4. The number of halogens is 1. The summed E-state index contributed by atoms with van der Waals surface area (Å²) in [4.78, 5) is 26.0. The number of carbonyl (C=O) groups excluding carboxylic acids is 2. The molecule has 1 aliphatic heterocycles. The maximum absolute atomic E-state index is 12.3. The van der Waals surface area contributed by atoms with Crippen molar-refractivity contribution in [3.05, 3.63) is 40.4 Å². The molecule has 1 fully saturated rings. The van der Waals surface area contributed by atoms with Gasteiger partial charge in [-0.15, -0.1) is 0 Å². The third kappa shape index (κ3) is 7.57. The van der Waals surface area contributed by atoms with Crippen molar-refractivity contribution in [3.63, 3.8) is 0 Å². The van der Waals surface area contributed by atoms with Gasteiger partial charge in [0.05, 0.1) is 17.2 Å². The zero-order valence-electron chi connectivity index (χ0n) is 19.7. The number of esters is 1. The van der Waals surface area contributed by atoms with Gasteiger partial charge in [0.2, 0.25) is 0 Å². The van der Waals surface area contributed by atoms with Crippen LogP contribution < -0.4 is 0 Å². The second-order valence-electron chi connectivity index (χ2n) is 9.62. The highest BCUT2D eigenvalue weighted by molar-refractivity contribution is 6.33.